The molecule has 1 saturated heterocycles. The molecular formula is C18H17N3O3S. The second-order valence-electron chi connectivity index (χ2n) is 5.91. The van der Waals surface area contributed by atoms with Gasteiger partial charge in [-0.2, -0.15) is 5.26 Å². The summed E-state index contributed by atoms with van der Waals surface area (Å²) in [5.41, 5.74) is 1.83. The van der Waals surface area contributed by atoms with Crippen LogP contribution in [0.15, 0.2) is 24.3 Å². The molecule has 1 amide bonds. The lowest BCUT2D eigenvalue weighted by molar-refractivity contribution is -0.120. The Morgan fingerprint density at radius 3 is 2.84 bits per heavy atom. The fraction of sp³-hybridized carbons (Fsp3) is 0.333. The minimum absolute atomic E-state index is 0.0116. The molecule has 0 bridgehead atoms. The molecule has 1 atom stereocenters. The molecule has 2 heterocycles. The van der Waals surface area contributed by atoms with E-state index in [0.29, 0.717) is 28.9 Å². The molecule has 3 rings (SSSR count). The Hall–Kier alpha value is -2.59. The molecule has 7 heteroatoms. The number of hydrogen-bond donors (Lipinski definition) is 1. The maximum absolute atomic E-state index is 12.8. The molecule has 1 fully saturated rings. The zero-order valence-electron chi connectivity index (χ0n) is 13.7. The lowest BCUT2D eigenvalue weighted by Crippen LogP contribution is -2.30. The van der Waals surface area contributed by atoms with Crippen LogP contribution in [0.3, 0.4) is 0 Å². The number of thioether (sulfide) groups is 1. The highest BCUT2D eigenvalue weighted by atomic mass is 32.2. The van der Waals surface area contributed by atoms with Gasteiger partial charge in [-0.05, 0) is 13.0 Å². The molecule has 0 aliphatic carbocycles. The van der Waals surface area contributed by atoms with Crippen molar-refractivity contribution in [2.45, 2.75) is 13.3 Å². The number of hydrogen-bond acceptors (Lipinski definition) is 5. The number of Topliss-reactive ketones (excluding diaryl/α,β-unsaturated/α-hetero) is 2. The van der Waals surface area contributed by atoms with Gasteiger partial charge in [0.15, 0.2) is 17.5 Å². The molecule has 1 aromatic carbocycles. The molecule has 0 spiro atoms. The van der Waals surface area contributed by atoms with E-state index in [0.717, 1.165) is 5.52 Å². The van der Waals surface area contributed by atoms with Crippen LogP contribution in [0.5, 0.6) is 0 Å². The van der Waals surface area contributed by atoms with E-state index in [9.17, 15) is 19.6 Å². The van der Waals surface area contributed by atoms with Crippen molar-refractivity contribution in [3.63, 3.8) is 0 Å². The molecule has 25 heavy (non-hydrogen) atoms. The molecule has 2 aromatic rings. The quantitative estimate of drug-likeness (QED) is 0.635. The SMILES string of the molecule is Cc1[nH]c2ccccc2c1C(=O)C(C#N)C(=O)CCN1CCSC1=O. The number of para-hydroxylation sites is 1. The Kier molecular flexibility index (Phi) is 4.91. The summed E-state index contributed by atoms with van der Waals surface area (Å²) in [5.74, 6) is -1.56. The number of carbonyl (C=O) groups is 3. The van der Waals surface area contributed by atoms with Gasteiger partial charge in [0.2, 0.25) is 0 Å². The van der Waals surface area contributed by atoms with Crippen LogP contribution < -0.4 is 0 Å². The van der Waals surface area contributed by atoms with E-state index in [-0.39, 0.29) is 18.2 Å². The van der Waals surface area contributed by atoms with Crippen LogP contribution in [0.4, 0.5) is 4.79 Å². The van der Waals surface area contributed by atoms with Gasteiger partial charge in [0.05, 0.1) is 6.07 Å². The van der Waals surface area contributed by atoms with E-state index >= 15 is 0 Å². The van der Waals surface area contributed by atoms with Crippen molar-refractivity contribution < 1.29 is 14.4 Å². The molecule has 1 aliphatic heterocycles. The first-order chi connectivity index (χ1) is 12.0. The van der Waals surface area contributed by atoms with Gasteiger partial charge in [-0.1, -0.05) is 30.0 Å². The monoisotopic (exact) mass is 355 g/mol. The van der Waals surface area contributed by atoms with Crippen LogP contribution in [0.2, 0.25) is 0 Å². The van der Waals surface area contributed by atoms with E-state index in [1.165, 1.54) is 11.8 Å². The van der Waals surface area contributed by atoms with Gasteiger partial charge in [0.25, 0.3) is 5.24 Å². The summed E-state index contributed by atoms with van der Waals surface area (Å²) in [4.78, 5) is 41.5. The molecule has 128 valence electrons. The Morgan fingerprint density at radius 1 is 1.40 bits per heavy atom. The largest absolute Gasteiger partial charge is 0.358 e. The van der Waals surface area contributed by atoms with E-state index in [1.807, 2.05) is 24.3 Å². The first-order valence-corrected chi connectivity index (χ1v) is 8.97. The average molecular weight is 355 g/mol. The van der Waals surface area contributed by atoms with Crippen molar-refractivity contribution in [1.82, 2.24) is 9.88 Å². The number of nitriles is 1. The van der Waals surface area contributed by atoms with Crippen LogP contribution >= 0.6 is 11.8 Å². The molecule has 0 radical (unpaired) electrons. The van der Waals surface area contributed by atoms with E-state index < -0.39 is 17.5 Å². The Bertz CT molecular complexity index is 897. The van der Waals surface area contributed by atoms with Crippen molar-refractivity contribution in [1.29, 1.82) is 5.26 Å². The van der Waals surface area contributed by atoms with Gasteiger partial charge in [-0.25, -0.2) is 0 Å². The predicted octanol–water partition coefficient (Wildman–Crippen LogP) is 2.93. The number of rotatable bonds is 6. The average Bonchev–Trinajstić information content (AvgIpc) is 3.15. The van der Waals surface area contributed by atoms with Crippen LogP contribution in [-0.4, -0.2) is 45.5 Å². The number of carbonyl (C=O) groups excluding carboxylic acids is 3. The topological polar surface area (TPSA) is 94.0 Å². The summed E-state index contributed by atoms with van der Waals surface area (Å²) >= 11 is 1.22. The summed E-state index contributed by atoms with van der Waals surface area (Å²) in [6.45, 7) is 2.61. The summed E-state index contributed by atoms with van der Waals surface area (Å²) in [5, 5.41) is 10.0. The molecule has 0 saturated carbocycles. The van der Waals surface area contributed by atoms with Gasteiger partial charge >= 0.3 is 0 Å². The first-order valence-electron chi connectivity index (χ1n) is 7.98. The maximum Gasteiger partial charge on any atom is 0.281 e. The molecule has 1 N–H and O–H groups in total. The minimum atomic E-state index is -1.34. The van der Waals surface area contributed by atoms with Crippen LogP contribution in [0.1, 0.15) is 22.5 Å². The van der Waals surface area contributed by atoms with Crippen molar-refractivity contribution in [3.8, 4) is 6.07 Å². The van der Waals surface area contributed by atoms with Crippen molar-refractivity contribution in [2.24, 2.45) is 5.92 Å². The van der Waals surface area contributed by atoms with Gasteiger partial charge in [-0.15, -0.1) is 0 Å². The molecular weight excluding hydrogens is 338 g/mol. The second kappa shape index (κ2) is 7.11. The smallest absolute Gasteiger partial charge is 0.281 e. The summed E-state index contributed by atoms with van der Waals surface area (Å²) in [6.07, 6.45) is 0.0116. The van der Waals surface area contributed by atoms with E-state index in [1.54, 1.807) is 17.9 Å². The van der Waals surface area contributed by atoms with Crippen LogP contribution in [-0.2, 0) is 4.79 Å². The normalized spacial score (nSPS) is 15.4. The Morgan fingerprint density at radius 2 is 2.16 bits per heavy atom. The number of H-pyrrole nitrogens is 1. The third-order valence-corrected chi connectivity index (χ3v) is 5.22. The standard InChI is InChI=1S/C18H17N3O3S/c1-11-16(12-4-2-3-5-14(12)20-11)17(23)13(10-19)15(22)6-7-21-8-9-25-18(21)24/h2-5,13,20H,6-9H2,1H3. The zero-order chi connectivity index (χ0) is 18.0. The van der Waals surface area contributed by atoms with E-state index in [4.69, 9.17) is 0 Å². The molecule has 1 unspecified atom stereocenters. The predicted molar refractivity (Wildman–Crippen MR) is 95.5 cm³/mol. The maximum atomic E-state index is 12.8. The fourth-order valence-electron chi connectivity index (χ4n) is 3.03. The number of fused-ring (bicyclic) bond motifs is 1. The number of nitrogens with zero attached hydrogens (tertiary/aromatic N) is 2. The number of benzene rings is 1. The van der Waals surface area contributed by atoms with Crippen molar-refractivity contribution in [2.75, 3.05) is 18.8 Å². The molecule has 1 aliphatic rings. The van der Waals surface area contributed by atoms with Gasteiger partial charge in [0, 0.05) is 47.4 Å². The zero-order valence-corrected chi connectivity index (χ0v) is 14.6. The van der Waals surface area contributed by atoms with Crippen molar-refractivity contribution in [3.05, 3.63) is 35.5 Å². The number of aromatic amines is 1. The van der Waals surface area contributed by atoms with Gasteiger partial charge in [0.1, 0.15) is 0 Å². The minimum Gasteiger partial charge on any atom is -0.358 e. The third kappa shape index (κ3) is 3.30. The van der Waals surface area contributed by atoms with Gasteiger partial charge in [-0.3, -0.25) is 14.4 Å². The number of aromatic nitrogens is 1. The number of nitrogens with one attached hydrogen (secondary N) is 1. The Balaban J connectivity index is 1.78. The van der Waals surface area contributed by atoms with Crippen LogP contribution in [0.25, 0.3) is 10.9 Å². The number of aryl methyl sites for hydroxylation is 1. The Labute approximate surface area is 149 Å². The summed E-state index contributed by atoms with van der Waals surface area (Å²) < 4.78 is 0. The van der Waals surface area contributed by atoms with Crippen molar-refractivity contribution >= 4 is 39.5 Å². The highest BCUT2D eigenvalue weighted by Gasteiger charge is 2.31. The summed E-state index contributed by atoms with van der Waals surface area (Å²) in [7, 11) is 0. The highest BCUT2D eigenvalue weighted by molar-refractivity contribution is 8.13. The molecule has 6 nitrogen and oxygen atoms in total. The first kappa shape index (κ1) is 17.2. The number of ketones is 2. The lowest BCUT2D eigenvalue weighted by atomic mass is 9.91. The fourth-order valence-corrected chi connectivity index (χ4v) is 3.89. The van der Waals surface area contributed by atoms with E-state index in [2.05, 4.69) is 4.98 Å². The third-order valence-electron chi connectivity index (χ3n) is 4.33. The molecule has 1 aromatic heterocycles. The lowest BCUT2D eigenvalue weighted by Gasteiger charge is -2.14. The van der Waals surface area contributed by atoms with Crippen LogP contribution in [0, 0.1) is 24.2 Å². The number of amides is 1. The summed E-state index contributed by atoms with van der Waals surface area (Å²) in [6, 6.07) is 9.15. The highest BCUT2D eigenvalue weighted by Crippen LogP contribution is 2.25. The van der Waals surface area contributed by atoms with Gasteiger partial charge < -0.3 is 9.88 Å². The second-order valence-corrected chi connectivity index (χ2v) is 6.96.